The first-order valence-electron chi connectivity index (χ1n) is 7.13. The SMILES string of the molecule is CC(Cc1cccs1)N(C)CCC1CS(=O)(=O)CCN1. The van der Waals surface area contributed by atoms with Crippen LogP contribution in [0.3, 0.4) is 0 Å². The van der Waals surface area contributed by atoms with Crippen molar-refractivity contribution in [3.63, 3.8) is 0 Å². The number of hydrogen-bond acceptors (Lipinski definition) is 5. The van der Waals surface area contributed by atoms with Gasteiger partial charge in [-0.15, -0.1) is 11.3 Å². The van der Waals surface area contributed by atoms with E-state index >= 15 is 0 Å². The summed E-state index contributed by atoms with van der Waals surface area (Å²) in [6.45, 7) is 3.76. The third kappa shape index (κ3) is 4.84. The first-order valence-corrected chi connectivity index (χ1v) is 9.83. The maximum Gasteiger partial charge on any atom is 0.153 e. The predicted molar refractivity (Wildman–Crippen MR) is 85.2 cm³/mol. The molecule has 1 fully saturated rings. The number of thiophene rings is 1. The molecule has 1 aliphatic rings. The summed E-state index contributed by atoms with van der Waals surface area (Å²) in [7, 11) is -0.700. The van der Waals surface area contributed by atoms with Gasteiger partial charge in [-0.2, -0.15) is 0 Å². The highest BCUT2D eigenvalue weighted by molar-refractivity contribution is 7.91. The minimum atomic E-state index is -2.82. The molecule has 0 amide bonds. The van der Waals surface area contributed by atoms with Gasteiger partial charge < -0.3 is 10.2 Å². The number of nitrogens with zero attached hydrogens (tertiary/aromatic N) is 1. The van der Waals surface area contributed by atoms with Gasteiger partial charge in [0, 0.05) is 23.5 Å². The summed E-state index contributed by atoms with van der Waals surface area (Å²) < 4.78 is 23.2. The summed E-state index contributed by atoms with van der Waals surface area (Å²) in [5.74, 6) is 0.578. The largest absolute Gasteiger partial charge is 0.312 e. The lowest BCUT2D eigenvalue weighted by atomic mass is 10.1. The fourth-order valence-electron chi connectivity index (χ4n) is 2.51. The van der Waals surface area contributed by atoms with Crippen molar-refractivity contribution in [3.05, 3.63) is 22.4 Å². The molecule has 2 unspecified atom stereocenters. The first-order chi connectivity index (χ1) is 9.46. The third-order valence-corrected chi connectivity index (χ3v) is 6.60. The van der Waals surface area contributed by atoms with Crippen LogP contribution in [0, 0.1) is 0 Å². The normalized spacial score (nSPS) is 23.9. The van der Waals surface area contributed by atoms with E-state index in [0.717, 1.165) is 19.4 Å². The van der Waals surface area contributed by atoms with Gasteiger partial charge in [0.25, 0.3) is 0 Å². The highest BCUT2D eigenvalue weighted by Gasteiger charge is 2.24. The Labute approximate surface area is 126 Å². The maximum absolute atomic E-state index is 11.6. The third-order valence-electron chi connectivity index (χ3n) is 3.96. The fraction of sp³-hybridized carbons (Fsp3) is 0.714. The molecule has 0 spiro atoms. The van der Waals surface area contributed by atoms with Crippen molar-refractivity contribution in [3.8, 4) is 0 Å². The Bertz CT molecular complexity index is 499. The summed E-state index contributed by atoms with van der Waals surface area (Å²) in [6.07, 6.45) is 1.95. The van der Waals surface area contributed by atoms with Crippen LogP contribution in [-0.2, 0) is 16.3 Å². The monoisotopic (exact) mass is 316 g/mol. The van der Waals surface area contributed by atoms with Crippen LogP contribution in [0.2, 0.25) is 0 Å². The standard InChI is InChI=1S/C14H24N2O2S2/c1-12(10-14-4-3-8-19-14)16(2)7-5-13-11-20(17,18)9-6-15-13/h3-4,8,12-13,15H,5-7,9-11H2,1-2H3. The minimum absolute atomic E-state index is 0.116. The zero-order valence-electron chi connectivity index (χ0n) is 12.2. The van der Waals surface area contributed by atoms with Gasteiger partial charge >= 0.3 is 0 Å². The van der Waals surface area contributed by atoms with Gasteiger partial charge in [0.2, 0.25) is 0 Å². The smallest absolute Gasteiger partial charge is 0.153 e. The molecule has 2 heterocycles. The molecule has 4 nitrogen and oxygen atoms in total. The maximum atomic E-state index is 11.6. The molecule has 0 saturated carbocycles. The molecule has 1 saturated heterocycles. The van der Waals surface area contributed by atoms with Gasteiger partial charge in [-0.05, 0) is 44.8 Å². The van der Waals surface area contributed by atoms with Gasteiger partial charge in [-0.25, -0.2) is 8.42 Å². The van der Waals surface area contributed by atoms with E-state index in [1.54, 1.807) is 11.3 Å². The van der Waals surface area contributed by atoms with Crippen LogP contribution in [0.25, 0.3) is 0 Å². The summed E-state index contributed by atoms with van der Waals surface area (Å²) in [5, 5.41) is 5.42. The van der Waals surface area contributed by atoms with Crippen LogP contribution >= 0.6 is 11.3 Å². The molecule has 2 rings (SSSR count). The number of hydrogen-bond donors (Lipinski definition) is 1. The number of nitrogens with one attached hydrogen (secondary N) is 1. The molecular weight excluding hydrogens is 292 g/mol. The minimum Gasteiger partial charge on any atom is -0.312 e. The summed E-state index contributed by atoms with van der Waals surface area (Å²) in [5.41, 5.74) is 0. The highest BCUT2D eigenvalue weighted by atomic mass is 32.2. The van der Waals surface area contributed by atoms with Gasteiger partial charge in [0.15, 0.2) is 9.84 Å². The van der Waals surface area contributed by atoms with E-state index in [0.29, 0.717) is 18.3 Å². The van der Waals surface area contributed by atoms with Gasteiger partial charge in [-0.1, -0.05) is 6.07 Å². The van der Waals surface area contributed by atoms with Crippen LogP contribution in [0.15, 0.2) is 17.5 Å². The number of likely N-dealkylation sites (N-methyl/N-ethyl adjacent to an activating group) is 1. The van der Waals surface area contributed by atoms with E-state index in [9.17, 15) is 8.42 Å². The summed E-state index contributed by atoms with van der Waals surface area (Å²) >= 11 is 1.80. The molecule has 6 heteroatoms. The molecule has 0 aromatic carbocycles. The molecular formula is C14H24N2O2S2. The molecule has 2 atom stereocenters. The van der Waals surface area contributed by atoms with E-state index in [4.69, 9.17) is 0 Å². The van der Waals surface area contributed by atoms with E-state index in [-0.39, 0.29) is 11.8 Å². The van der Waals surface area contributed by atoms with Crippen LogP contribution in [0.4, 0.5) is 0 Å². The van der Waals surface area contributed by atoms with Crippen molar-refractivity contribution < 1.29 is 8.42 Å². The average Bonchev–Trinajstić information content (AvgIpc) is 2.87. The molecule has 1 aromatic heterocycles. The van der Waals surface area contributed by atoms with Crippen LogP contribution in [-0.4, -0.2) is 57.0 Å². The van der Waals surface area contributed by atoms with Gasteiger partial charge in [-0.3, -0.25) is 0 Å². The Balaban J connectivity index is 1.75. The summed E-state index contributed by atoms with van der Waals surface area (Å²) in [4.78, 5) is 3.73. The predicted octanol–water partition coefficient (Wildman–Crippen LogP) is 1.39. The van der Waals surface area contributed by atoms with Crippen molar-refractivity contribution in [1.82, 2.24) is 10.2 Å². The quantitative estimate of drug-likeness (QED) is 0.861. The summed E-state index contributed by atoms with van der Waals surface area (Å²) in [6, 6.07) is 4.85. The molecule has 20 heavy (non-hydrogen) atoms. The van der Waals surface area contributed by atoms with Crippen molar-refractivity contribution in [2.24, 2.45) is 0 Å². The second kappa shape index (κ2) is 7.02. The van der Waals surface area contributed by atoms with Crippen molar-refractivity contribution >= 4 is 21.2 Å². The molecule has 0 aliphatic carbocycles. The van der Waals surface area contributed by atoms with Crippen LogP contribution in [0.1, 0.15) is 18.2 Å². The lowest BCUT2D eigenvalue weighted by Gasteiger charge is -2.28. The van der Waals surface area contributed by atoms with Gasteiger partial charge in [0.05, 0.1) is 11.5 Å². The number of rotatable bonds is 6. The molecule has 1 aromatic rings. The van der Waals surface area contributed by atoms with Crippen LogP contribution < -0.4 is 5.32 Å². The molecule has 1 aliphatic heterocycles. The molecule has 114 valence electrons. The first kappa shape index (κ1) is 15.9. The van der Waals surface area contributed by atoms with E-state index in [1.807, 2.05) is 0 Å². The molecule has 0 radical (unpaired) electrons. The molecule has 1 N–H and O–H groups in total. The second-order valence-corrected chi connectivity index (χ2v) is 8.93. The van der Waals surface area contributed by atoms with Crippen molar-refractivity contribution in [1.29, 1.82) is 0 Å². The average molecular weight is 316 g/mol. The van der Waals surface area contributed by atoms with Crippen LogP contribution in [0.5, 0.6) is 0 Å². The fourth-order valence-corrected chi connectivity index (χ4v) is 4.83. The Morgan fingerprint density at radius 2 is 2.35 bits per heavy atom. The lowest BCUT2D eigenvalue weighted by molar-refractivity contribution is 0.244. The second-order valence-electron chi connectivity index (χ2n) is 5.67. The lowest BCUT2D eigenvalue weighted by Crippen LogP contribution is -2.46. The Kier molecular flexibility index (Phi) is 5.60. The topological polar surface area (TPSA) is 49.4 Å². The van der Waals surface area contributed by atoms with E-state index < -0.39 is 9.84 Å². The van der Waals surface area contributed by atoms with Crippen molar-refractivity contribution in [2.75, 3.05) is 31.6 Å². The number of sulfone groups is 1. The Morgan fingerprint density at radius 1 is 1.55 bits per heavy atom. The zero-order valence-corrected chi connectivity index (χ0v) is 13.8. The Morgan fingerprint density at radius 3 is 3.00 bits per heavy atom. The Hall–Kier alpha value is -0.430. The van der Waals surface area contributed by atoms with Crippen molar-refractivity contribution in [2.45, 2.75) is 31.8 Å². The molecule has 0 bridgehead atoms. The van der Waals surface area contributed by atoms with E-state index in [2.05, 4.69) is 41.7 Å². The van der Waals surface area contributed by atoms with Gasteiger partial charge in [0.1, 0.15) is 0 Å². The van der Waals surface area contributed by atoms with E-state index in [1.165, 1.54) is 4.88 Å². The zero-order chi connectivity index (χ0) is 14.6. The highest BCUT2D eigenvalue weighted by Crippen LogP contribution is 2.14.